The van der Waals surface area contributed by atoms with E-state index in [2.05, 4.69) is 56.0 Å². The fraction of sp³-hybridized carbons (Fsp3) is 0.500. The molecule has 0 unspecified atom stereocenters. The molecule has 114 valence electrons. The van der Waals surface area contributed by atoms with Crippen molar-refractivity contribution in [2.45, 2.75) is 46.3 Å². The first kappa shape index (κ1) is 15.9. The van der Waals surface area contributed by atoms with Gasteiger partial charge >= 0.3 is 0 Å². The second-order valence-electron chi connectivity index (χ2n) is 5.75. The van der Waals surface area contributed by atoms with Crippen molar-refractivity contribution < 1.29 is 0 Å². The molecule has 2 rings (SSSR count). The van der Waals surface area contributed by atoms with Gasteiger partial charge in [0.15, 0.2) is 0 Å². The molecule has 2 aromatic heterocycles. The van der Waals surface area contributed by atoms with E-state index in [9.17, 15) is 0 Å². The Hall–Kier alpha value is -1.46. The predicted molar refractivity (Wildman–Crippen MR) is 88.5 cm³/mol. The van der Waals surface area contributed by atoms with Crippen molar-refractivity contribution in [2.24, 2.45) is 0 Å². The zero-order valence-electron chi connectivity index (χ0n) is 13.3. The molecule has 0 aromatic carbocycles. The van der Waals surface area contributed by atoms with Gasteiger partial charge in [0, 0.05) is 36.1 Å². The van der Waals surface area contributed by atoms with Gasteiger partial charge in [0.1, 0.15) is 0 Å². The number of hydrogen-bond acceptors (Lipinski definition) is 4. The van der Waals surface area contributed by atoms with Crippen LogP contribution in [-0.4, -0.2) is 26.7 Å². The summed E-state index contributed by atoms with van der Waals surface area (Å²) in [5.74, 6) is 0.508. The summed E-state index contributed by atoms with van der Waals surface area (Å²) in [5.41, 5.74) is 3.51. The Bertz CT molecular complexity index is 597. The largest absolute Gasteiger partial charge is 0.296 e. The van der Waals surface area contributed by atoms with E-state index in [1.165, 1.54) is 10.6 Å². The molecule has 4 nitrogen and oxygen atoms in total. The Morgan fingerprint density at radius 1 is 1.43 bits per heavy atom. The van der Waals surface area contributed by atoms with Gasteiger partial charge in [-0.25, -0.2) is 4.98 Å². The van der Waals surface area contributed by atoms with E-state index in [-0.39, 0.29) is 0 Å². The summed E-state index contributed by atoms with van der Waals surface area (Å²) in [6, 6.07) is 0. The van der Waals surface area contributed by atoms with Crippen LogP contribution >= 0.6 is 11.3 Å². The van der Waals surface area contributed by atoms with E-state index in [1.807, 2.05) is 10.8 Å². The zero-order valence-corrected chi connectivity index (χ0v) is 14.2. The SMILES string of the molecule is C=CCn1cc(CN(C)Cc2csc(C(C)C)n2)c(C)n1. The lowest BCUT2D eigenvalue weighted by molar-refractivity contribution is 0.315. The number of aryl methyl sites for hydroxylation is 1. The van der Waals surface area contributed by atoms with Gasteiger partial charge in [0.25, 0.3) is 0 Å². The summed E-state index contributed by atoms with van der Waals surface area (Å²) in [6.07, 6.45) is 3.97. The molecule has 0 aliphatic heterocycles. The average Bonchev–Trinajstić information content (AvgIpc) is 2.98. The molecule has 0 saturated carbocycles. The molecule has 0 saturated heterocycles. The number of hydrogen-bond donors (Lipinski definition) is 0. The molecule has 0 bridgehead atoms. The Labute approximate surface area is 131 Å². The Morgan fingerprint density at radius 2 is 2.19 bits per heavy atom. The third-order valence-corrected chi connectivity index (χ3v) is 4.49. The monoisotopic (exact) mass is 304 g/mol. The lowest BCUT2D eigenvalue weighted by Gasteiger charge is -2.14. The maximum atomic E-state index is 4.69. The smallest absolute Gasteiger partial charge is 0.0954 e. The van der Waals surface area contributed by atoms with E-state index < -0.39 is 0 Å². The predicted octanol–water partition coefficient (Wildman–Crippen LogP) is 3.59. The van der Waals surface area contributed by atoms with Gasteiger partial charge in [-0.05, 0) is 14.0 Å². The number of nitrogens with zero attached hydrogens (tertiary/aromatic N) is 4. The average molecular weight is 304 g/mol. The van der Waals surface area contributed by atoms with Crippen molar-refractivity contribution in [2.75, 3.05) is 7.05 Å². The third-order valence-electron chi connectivity index (χ3n) is 3.30. The minimum absolute atomic E-state index is 0.508. The van der Waals surface area contributed by atoms with E-state index in [0.29, 0.717) is 5.92 Å². The van der Waals surface area contributed by atoms with Crippen LogP contribution in [0.3, 0.4) is 0 Å². The fourth-order valence-electron chi connectivity index (χ4n) is 2.22. The number of thiazole rings is 1. The number of allylic oxidation sites excluding steroid dienone is 1. The van der Waals surface area contributed by atoms with E-state index >= 15 is 0 Å². The summed E-state index contributed by atoms with van der Waals surface area (Å²) in [4.78, 5) is 6.97. The molecule has 0 fully saturated rings. The van der Waals surface area contributed by atoms with Crippen molar-refractivity contribution >= 4 is 11.3 Å². The minimum atomic E-state index is 0.508. The molecular formula is C16H24N4S. The van der Waals surface area contributed by atoms with Gasteiger partial charge in [-0.2, -0.15) is 5.10 Å². The highest BCUT2D eigenvalue weighted by molar-refractivity contribution is 7.09. The highest BCUT2D eigenvalue weighted by Gasteiger charge is 2.11. The first-order chi connectivity index (χ1) is 9.99. The molecule has 0 aliphatic rings. The lowest BCUT2D eigenvalue weighted by Crippen LogP contribution is -2.17. The van der Waals surface area contributed by atoms with Crippen molar-refractivity contribution in [1.29, 1.82) is 0 Å². The maximum absolute atomic E-state index is 4.69. The van der Waals surface area contributed by atoms with E-state index in [0.717, 1.165) is 31.0 Å². The van der Waals surface area contributed by atoms with Crippen LogP contribution in [0.1, 0.15) is 41.7 Å². The quantitative estimate of drug-likeness (QED) is 0.733. The van der Waals surface area contributed by atoms with Gasteiger partial charge in [0.05, 0.1) is 22.9 Å². The van der Waals surface area contributed by atoms with Gasteiger partial charge in [-0.15, -0.1) is 17.9 Å². The Balaban J connectivity index is 1.97. The van der Waals surface area contributed by atoms with Gasteiger partial charge < -0.3 is 0 Å². The summed E-state index contributed by atoms with van der Waals surface area (Å²) in [6.45, 7) is 12.7. The van der Waals surface area contributed by atoms with Gasteiger partial charge in [-0.1, -0.05) is 19.9 Å². The van der Waals surface area contributed by atoms with Crippen LogP contribution in [-0.2, 0) is 19.6 Å². The molecule has 21 heavy (non-hydrogen) atoms. The molecule has 0 atom stereocenters. The van der Waals surface area contributed by atoms with Gasteiger partial charge in [-0.3, -0.25) is 9.58 Å². The Morgan fingerprint density at radius 3 is 2.81 bits per heavy atom. The highest BCUT2D eigenvalue weighted by Crippen LogP contribution is 2.20. The van der Waals surface area contributed by atoms with Crippen molar-refractivity contribution in [3.05, 3.63) is 46.2 Å². The molecule has 2 heterocycles. The molecule has 0 amide bonds. The first-order valence-electron chi connectivity index (χ1n) is 7.26. The number of aromatic nitrogens is 3. The van der Waals surface area contributed by atoms with Crippen LogP contribution in [0.2, 0.25) is 0 Å². The van der Waals surface area contributed by atoms with Crippen LogP contribution < -0.4 is 0 Å². The fourth-order valence-corrected chi connectivity index (χ4v) is 3.05. The van der Waals surface area contributed by atoms with Crippen LogP contribution in [0.4, 0.5) is 0 Å². The molecule has 0 spiro atoms. The minimum Gasteiger partial charge on any atom is -0.296 e. The van der Waals surface area contributed by atoms with Crippen LogP contribution in [0.25, 0.3) is 0 Å². The molecule has 0 aliphatic carbocycles. The van der Waals surface area contributed by atoms with E-state index in [1.54, 1.807) is 11.3 Å². The summed E-state index contributed by atoms with van der Waals surface area (Å²) < 4.78 is 1.94. The molecule has 5 heteroatoms. The maximum Gasteiger partial charge on any atom is 0.0954 e. The van der Waals surface area contributed by atoms with Crippen LogP contribution in [0, 0.1) is 6.92 Å². The van der Waals surface area contributed by atoms with E-state index in [4.69, 9.17) is 4.98 Å². The van der Waals surface area contributed by atoms with Crippen LogP contribution in [0.15, 0.2) is 24.2 Å². The van der Waals surface area contributed by atoms with Crippen molar-refractivity contribution in [3.8, 4) is 0 Å². The van der Waals surface area contributed by atoms with Gasteiger partial charge in [0.2, 0.25) is 0 Å². The van der Waals surface area contributed by atoms with Crippen molar-refractivity contribution in [1.82, 2.24) is 19.7 Å². The normalized spacial score (nSPS) is 11.5. The highest BCUT2D eigenvalue weighted by atomic mass is 32.1. The third kappa shape index (κ3) is 4.25. The lowest BCUT2D eigenvalue weighted by atomic mass is 10.2. The first-order valence-corrected chi connectivity index (χ1v) is 8.14. The topological polar surface area (TPSA) is 34.0 Å². The number of rotatable bonds is 7. The second kappa shape index (κ2) is 7.00. The molecular weight excluding hydrogens is 280 g/mol. The summed E-state index contributed by atoms with van der Waals surface area (Å²) in [5, 5.41) is 7.88. The summed E-state index contributed by atoms with van der Waals surface area (Å²) >= 11 is 1.75. The standard InChI is InChI=1S/C16H24N4S/c1-6-7-20-9-14(13(4)18-20)8-19(5)10-15-11-21-16(17-15)12(2)3/h6,9,11-12H,1,7-8,10H2,2-5H3. The van der Waals surface area contributed by atoms with Crippen LogP contribution in [0.5, 0.6) is 0 Å². The molecule has 0 radical (unpaired) electrons. The molecule has 0 N–H and O–H groups in total. The zero-order chi connectivity index (χ0) is 15.4. The van der Waals surface area contributed by atoms with Crippen molar-refractivity contribution in [3.63, 3.8) is 0 Å². The molecule has 2 aromatic rings. The second-order valence-corrected chi connectivity index (χ2v) is 6.64. The summed E-state index contributed by atoms with van der Waals surface area (Å²) in [7, 11) is 2.12. The Kier molecular flexibility index (Phi) is 5.31.